The third-order valence-electron chi connectivity index (χ3n) is 5.79. The number of amides is 1. The first-order valence-electron chi connectivity index (χ1n) is 11.3. The smallest absolute Gasteiger partial charge is 0.238 e. The summed E-state index contributed by atoms with van der Waals surface area (Å²) in [6.07, 6.45) is 4.34. The molecule has 0 unspecified atom stereocenters. The maximum atomic E-state index is 12.9. The average molecular weight is 440 g/mol. The second-order valence-corrected chi connectivity index (χ2v) is 8.18. The molecule has 1 heterocycles. The van der Waals surface area contributed by atoms with Crippen molar-refractivity contribution in [2.24, 2.45) is 0 Å². The predicted octanol–water partition coefficient (Wildman–Crippen LogP) is 4.19. The number of ketones is 1. The van der Waals surface area contributed by atoms with E-state index in [4.69, 9.17) is 0 Å². The molecule has 33 heavy (non-hydrogen) atoms. The van der Waals surface area contributed by atoms with Crippen molar-refractivity contribution in [2.75, 3.05) is 44.6 Å². The number of carbonyl (C=O) groups excluding carboxylic acids is 2. The van der Waals surface area contributed by atoms with Crippen LogP contribution >= 0.6 is 0 Å². The Hall–Kier alpha value is -3.54. The van der Waals surface area contributed by atoms with E-state index < -0.39 is 0 Å². The van der Waals surface area contributed by atoms with E-state index in [1.807, 2.05) is 48.5 Å². The summed E-state index contributed by atoms with van der Waals surface area (Å²) in [6, 6.07) is 26.6. The second-order valence-electron chi connectivity index (χ2n) is 8.18. The number of hydrogen-bond acceptors (Lipinski definition) is 4. The molecular weight excluding hydrogens is 410 g/mol. The summed E-state index contributed by atoms with van der Waals surface area (Å²) in [5.74, 6) is -0.190. The van der Waals surface area contributed by atoms with Crippen LogP contribution < -0.4 is 5.32 Å². The molecule has 4 rings (SSSR count). The highest BCUT2D eigenvalue weighted by molar-refractivity contribution is 6.13. The minimum Gasteiger partial charge on any atom is -0.324 e. The van der Waals surface area contributed by atoms with Crippen LogP contribution in [0.3, 0.4) is 0 Å². The molecule has 1 amide bonds. The molecule has 0 spiro atoms. The van der Waals surface area contributed by atoms with Crippen LogP contribution in [0.2, 0.25) is 0 Å². The van der Waals surface area contributed by atoms with E-state index >= 15 is 0 Å². The summed E-state index contributed by atoms with van der Waals surface area (Å²) in [4.78, 5) is 30.1. The van der Waals surface area contributed by atoms with Gasteiger partial charge in [-0.25, -0.2) is 0 Å². The van der Waals surface area contributed by atoms with Crippen molar-refractivity contribution in [3.63, 3.8) is 0 Å². The molecule has 0 aliphatic carbocycles. The van der Waals surface area contributed by atoms with Gasteiger partial charge in [0.15, 0.2) is 5.78 Å². The minimum absolute atomic E-state index is 0.0938. The lowest BCUT2D eigenvalue weighted by Crippen LogP contribution is -2.48. The number of para-hydroxylation sites is 1. The van der Waals surface area contributed by atoms with Gasteiger partial charge in [0.1, 0.15) is 0 Å². The average Bonchev–Trinajstić information content (AvgIpc) is 2.86. The Kier molecular flexibility index (Phi) is 7.80. The molecule has 1 aliphatic rings. The number of nitrogens with one attached hydrogen (secondary N) is 1. The second kappa shape index (κ2) is 11.4. The highest BCUT2D eigenvalue weighted by Gasteiger charge is 2.20. The van der Waals surface area contributed by atoms with Crippen molar-refractivity contribution in [1.82, 2.24) is 9.80 Å². The third kappa shape index (κ3) is 6.48. The van der Waals surface area contributed by atoms with E-state index in [1.54, 1.807) is 24.3 Å². The molecule has 0 atom stereocenters. The summed E-state index contributed by atoms with van der Waals surface area (Å²) in [5, 5.41) is 2.95. The van der Waals surface area contributed by atoms with Gasteiger partial charge in [0.05, 0.1) is 12.2 Å². The van der Waals surface area contributed by atoms with E-state index in [-0.39, 0.29) is 11.7 Å². The topological polar surface area (TPSA) is 52.7 Å². The number of anilines is 1. The van der Waals surface area contributed by atoms with Gasteiger partial charge in [-0.2, -0.15) is 0 Å². The third-order valence-corrected chi connectivity index (χ3v) is 5.79. The van der Waals surface area contributed by atoms with Gasteiger partial charge in [-0.3, -0.25) is 19.4 Å². The van der Waals surface area contributed by atoms with Gasteiger partial charge < -0.3 is 5.32 Å². The number of piperazine rings is 1. The van der Waals surface area contributed by atoms with Crippen LogP contribution in [0.25, 0.3) is 6.08 Å². The molecule has 1 aliphatic heterocycles. The first-order chi connectivity index (χ1) is 16.2. The maximum absolute atomic E-state index is 12.9. The summed E-state index contributed by atoms with van der Waals surface area (Å²) in [5.41, 5.74) is 2.88. The number of benzene rings is 3. The Morgan fingerprint density at radius 2 is 1.36 bits per heavy atom. The Morgan fingerprint density at radius 1 is 0.758 bits per heavy atom. The number of nitrogens with zero attached hydrogens (tertiary/aromatic N) is 2. The largest absolute Gasteiger partial charge is 0.324 e. The molecule has 0 radical (unpaired) electrons. The molecule has 1 fully saturated rings. The quantitative estimate of drug-likeness (QED) is 0.535. The van der Waals surface area contributed by atoms with Crippen molar-refractivity contribution in [1.29, 1.82) is 0 Å². The predicted molar refractivity (Wildman–Crippen MR) is 133 cm³/mol. The minimum atomic E-state index is -0.0965. The van der Waals surface area contributed by atoms with Gasteiger partial charge >= 0.3 is 0 Å². The van der Waals surface area contributed by atoms with Crippen molar-refractivity contribution < 1.29 is 9.59 Å². The van der Waals surface area contributed by atoms with Crippen molar-refractivity contribution in [3.05, 3.63) is 108 Å². The van der Waals surface area contributed by atoms with E-state index in [0.717, 1.165) is 32.7 Å². The monoisotopic (exact) mass is 439 g/mol. The van der Waals surface area contributed by atoms with Gasteiger partial charge in [-0.1, -0.05) is 84.9 Å². The fourth-order valence-electron chi connectivity index (χ4n) is 3.96. The lowest BCUT2D eigenvalue weighted by Gasteiger charge is -2.33. The van der Waals surface area contributed by atoms with E-state index in [1.165, 1.54) is 5.56 Å². The van der Waals surface area contributed by atoms with Crippen LogP contribution in [-0.4, -0.2) is 60.8 Å². The Morgan fingerprint density at radius 3 is 2.09 bits per heavy atom. The van der Waals surface area contributed by atoms with Crippen LogP contribution in [-0.2, 0) is 4.79 Å². The van der Waals surface area contributed by atoms with Gasteiger partial charge in [-0.15, -0.1) is 0 Å². The fraction of sp³-hybridized carbons (Fsp3) is 0.214. The van der Waals surface area contributed by atoms with E-state index in [9.17, 15) is 9.59 Å². The molecule has 1 N–H and O–H groups in total. The van der Waals surface area contributed by atoms with Gasteiger partial charge in [0.2, 0.25) is 5.91 Å². The maximum Gasteiger partial charge on any atom is 0.238 e. The Balaban J connectivity index is 1.26. The molecule has 168 valence electrons. The zero-order valence-electron chi connectivity index (χ0n) is 18.7. The summed E-state index contributed by atoms with van der Waals surface area (Å²) < 4.78 is 0. The standard InChI is InChI=1S/C28H29N3O2/c32-27(29-26-16-8-7-15-25(26)28(33)24-13-5-2-6-14-24)22-31-20-18-30(19-21-31)17-9-12-23-10-3-1-4-11-23/h1-16H,17-22H2,(H,29,32). The first-order valence-corrected chi connectivity index (χ1v) is 11.3. The van der Waals surface area contributed by atoms with Gasteiger partial charge in [-0.05, 0) is 17.7 Å². The Bertz CT molecular complexity index is 1090. The summed E-state index contributed by atoms with van der Waals surface area (Å²) in [7, 11) is 0. The Labute approximate surface area is 195 Å². The van der Waals surface area contributed by atoms with Crippen LogP contribution in [0.4, 0.5) is 5.69 Å². The molecule has 3 aromatic rings. The van der Waals surface area contributed by atoms with Crippen LogP contribution in [0.1, 0.15) is 21.5 Å². The highest BCUT2D eigenvalue weighted by Crippen LogP contribution is 2.19. The number of hydrogen-bond donors (Lipinski definition) is 1. The molecule has 1 saturated heterocycles. The molecule has 0 aromatic heterocycles. The van der Waals surface area contributed by atoms with E-state index in [2.05, 4.69) is 39.4 Å². The molecule has 5 heteroatoms. The molecular formula is C28H29N3O2. The fourth-order valence-corrected chi connectivity index (χ4v) is 3.96. The molecule has 3 aromatic carbocycles. The van der Waals surface area contributed by atoms with E-state index in [0.29, 0.717) is 23.4 Å². The van der Waals surface area contributed by atoms with Crippen LogP contribution in [0.15, 0.2) is 91.0 Å². The number of carbonyl (C=O) groups is 2. The zero-order valence-corrected chi connectivity index (χ0v) is 18.7. The van der Waals surface area contributed by atoms with Crippen molar-refractivity contribution in [3.8, 4) is 0 Å². The SMILES string of the molecule is O=C(CN1CCN(CC=Cc2ccccc2)CC1)Nc1ccccc1C(=O)c1ccccc1. The van der Waals surface area contributed by atoms with Crippen molar-refractivity contribution >= 4 is 23.5 Å². The number of rotatable bonds is 8. The van der Waals surface area contributed by atoms with Gasteiger partial charge in [0.25, 0.3) is 0 Å². The van der Waals surface area contributed by atoms with Crippen LogP contribution in [0.5, 0.6) is 0 Å². The van der Waals surface area contributed by atoms with Crippen molar-refractivity contribution in [2.45, 2.75) is 0 Å². The normalized spacial score (nSPS) is 14.9. The lowest BCUT2D eigenvalue weighted by molar-refractivity contribution is -0.117. The summed E-state index contributed by atoms with van der Waals surface area (Å²) in [6.45, 7) is 4.77. The first kappa shape index (κ1) is 22.6. The molecule has 0 bridgehead atoms. The molecule has 0 saturated carbocycles. The molecule has 5 nitrogen and oxygen atoms in total. The zero-order chi connectivity index (χ0) is 22.9. The summed E-state index contributed by atoms with van der Waals surface area (Å²) >= 11 is 0. The lowest BCUT2D eigenvalue weighted by atomic mass is 10.0. The van der Waals surface area contributed by atoms with Gasteiger partial charge in [0, 0.05) is 43.9 Å². The highest BCUT2D eigenvalue weighted by atomic mass is 16.2. The van der Waals surface area contributed by atoms with Crippen LogP contribution in [0, 0.1) is 0 Å².